The molecule has 1 N–H and O–H groups in total. The zero-order valence-electron chi connectivity index (χ0n) is 10.2. The van der Waals surface area contributed by atoms with Crippen molar-refractivity contribution >= 4 is 0 Å². The van der Waals surface area contributed by atoms with Crippen LogP contribution in [0.25, 0.3) is 0 Å². The van der Waals surface area contributed by atoms with Crippen LogP contribution in [0.3, 0.4) is 0 Å². The predicted molar refractivity (Wildman–Crippen MR) is 60.7 cm³/mol. The summed E-state index contributed by atoms with van der Waals surface area (Å²) in [6, 6.07) is 0.750. The maximum Gasteiger partial charge on any atom is 0.00616 e. The summed E-state index contributed by atoms with van der Waals surface area (Å²) >= 11 is 0. The SMILES string of the molecule is CC.CC.CCNC(CC)CC. The van der Waals surface area contributed by atoms with E-state index in [9.17, 15) is 0 Å². The van der Waals surface area contributed by atoms with Crippen LogP contribution in [0.15, 0.2) is 0 Å². The summed E-state index contributed by atoms with van der Waals surface area (Å²) in [5.41, 5.74) is 0. The Morgan fingerprint density at radius 3 is 1.25 bits per heavy atom. The zero-order valence-corrected chi connectivity index (χ0v) is 10.2. The highest BCUT2D eigenvalue weighted by molar-refractivity contribution is 4.59. The highest BCUT2D eigenvalue weighted by Gasteiger charge is 1.96. The lowest BCUT2D eigenvalue weighted by Crippen LogP contribution is -2.26. The third kappa shape index (κ3) is 16.5. The third-order valence-corrected chi connectivity index (χ3v) is 1.48. The van der Waals surface area contributed by atoms with Gasteiger partial charge in [0.25, 0.3) is 0 Å². The van der Waals surface area contributed by atoms with E-state index >= 15 is 0 Å². The molecule has 0 bridgehead atoms. The molecule has 0 aromatic carbocycles. The fourth-order valence-electron chi connectivity index (χ4n) is 0.866. The van der Waals surface area contributed by atoms with Crippen LogP contribution in [0.5, 0.6) is 0 Å². The fraction of sp³-hybridized carbons (Fsp3) is 1.00. The van der Waals surface area contributed by atoms with E-state index in [-0.39, 0.29) is 0 Å². The molecule has 0 aromatic rings. The van der Waals surface area contributed by atoms with Gasteiger partial charge in [-0.15, -0.1) is 0 Å². The van der Waals surface area contributed by atoms with Crippen LogP contribution >= 0.6 is 0 Å². The minimum absolute atomic E-state index is 0.750. The quantitative estimate of drug-likeness (QED) is 0.684. The van der Waals surface area contributed by atoms with E-state index in [4.69, 9.17) is 0 Å². The Labute approximate surface area is 80.0 Å². The van der Waals surface area contributed by atoms with Gasteiger partial charge in [-0.05, 0) is 19.4 Å². The Bertz CT molecular complexity index is 40.3. The molecule has 0 aliphatic rings. The predicted octanol–water partition coefficient (Wildman–Crippen LogP) is 3.84. The summed E-state index contributed by atoms with van der Waals surface area (Å²) in [4.78, 5) is 0. The first-order valence-corrected chi connectivity index (χ1v) is 5.58. The van der Waals surface area contributed by atoms with Crippen molar-refractivity contribution < 1.29 is 0 Å². The van der Waals surface area contributed by atoms with Crippen LogP contribution in [0.2, 0.25) is 0 Å². The van der Waals surface area contributed by atoms with Crippen molar-refractivity contribution in [2.75, 3.05) is 6.54 Å². The molecule has 1 heteroatoms. The first-order valence-electron chi connectivity index (χ1n) is 5.58. The van der Waals surface area contributed by atoms with E-state index in [0.717, 1.165) is 12.6 Å². The number of nitrogens with one attached hydrogen (secondary N) is 1. The van der Waals surface area contributed by atoms with E-state index in [0.29, 0.717) is 0 Å². The number of hydrogen-bond acceptors (Lipinski definition) is 1. The summed E-state index contributed by atoms with van der Waals surface area (Å²) in [6.45, 7) is 15.7. The lowest BCUT2D eigenvalue weighted by Gasteiger charge is -2.11. The molecule has 0 aliphatic heterocycles. The first kappa shape index (κ1) is 17.9. The van der Waals surface area contributed by atoms with Crippen molar-refractivity contribution in [1.82, 2.24) is 5.32 Å². The van der Waals surface area contributed by atoms with Gasteiger partial charge in [0.15, 0.2) is 0 Å². The summed E-state index contributed by atoms with van der Waals surface area (Å²) in [5, 5.41) is 3.38. The molecule has 0 saturated carbocycles. The third-order valence-electron chi connectivity index (χ3n) is 1.48. The van der Waals surface area contributed by atoms with Crippen LogP contribution in [0, 0.1) is 0 Å². The molecular weight excluding hydrogens is 146 g/mol. The summed E-state index contributed by atoms with van der Waals surface area (Å²) in [5.74, 6) is 0. The second-order valence-corrected chi connectivity index (χ2v) is 2.07. The Kier molecular flexibility index (Phi) is 33.5. The molecule has 0 aromatic heterocycles. The smallest absolute Gasteiger partial charge is 0.00616 e. The Morgan fingerprint density at radius 1 is 0.833 bits per heavy atom. The van der Waals surface area contributed by atoms with Gasteiger partial charge in [-0.1, -0.05) is 48.5 Å². The second kappa shape index (κ2) is 22.4. The molecule has 0 radical (unpaired) electrons. The molecule has 0 fully saturated rings. The molecule has 0 unspecified atom stereocenters. The lowest BCUT2D eigenvalue weighted by atomic mass is 10.2. The molecule has 0 amide bonds. The van der Waals surface area contributed by atoms with Crippen LogP contribution < -0.4 is 5.32 Å². The summed E-state index contributed by atoms with van der Waals surface area (Å²) in [6.07, 6.45) is 2.51. The van der Waals surface area contributed by atoms with Crippen LogP contribution in [-0.4, -0.2) is 12.6 Å². The molecule has 0 saturated heterocycles. The maximum atomic E-state index is 3.38. The maximum absolute atomic E-state index is 3.38. The van der Waals surface area contributed by atoms with Crippen LogP contribution in [0.4, 0.5) is 0 Å². The van der Waals surface area contributed by atoms with Gasteiger partial charge in [-0.25, -0.2) is 0 Å². The molecular formula is C11H29N. The Balaban J connectivity index is -0.000000175. The highest BCUT2D eigenvalue weighted by Crippen LogP contribution is 1.93. The van der Waals surface area contributed by atoms with Gasteiger partial charge >= 0.3 is 0 Å². The lowest BCUT2D eigenvalue weighted by molar-refractivity contribution is 0.499. The van der Waals surface area contributed by atoms with E-state index in [2.05, 4.69) is 26.1 Å². The Morgan fingerprint density at radius 2 is 1.17 bits per heavy atom. The number of rotatable bonds is 4. The van der Waals surface area contributed by atoms with E-state index in [1.165, 1.54) is 12.8 Å². The second-order valence-electron chi connectivity index (χ2n) is 2.07. The largest absolute Gasteiger partial charge is 0.314 e. The standard InChI is InChI=1S/C7H17N.2C2H6/c1-4-7(5-2)8-6-3;2*1-2/h7-8H,4-6H2,1-3H3;2*1-2H3. The minimum atomic E-state index is 0.750. The molecule has 1 nitrogen and oxygen atoms in total. The van der Waals surface area contributed by atoms with E-state index < -0.39 is 0 Å². The van der Waals surface area contributed by atoms with Gasteiger partial charge in [0.2, 0.25) is 0 Å². The first-order chi connectivity index (χ1) is 5.85. The molecule has 78 valence electrons. The molecule has 0 atom stereocenters. The molecule has 0 spiro atoms. The normalized spacial score (nSPS) is 8.00. The molecule has 0 rings (SSSR count). The van der Waals surface area contributed by atoms with Crippen molar-refractivity contribution in [2.45, 2.75) is 67.3 Å². The van der Waals surface area contributed by atoms with Crippen LogP contribution in [-0.2, 0) is 0 Å². The van der Waals surface area contributed by atoms with Gasteiger partial charge < -0.3 is 5.32 Å². The number of hydrogen-bond donors (Lipinski definition) is 1. The average molecular weight is 175 g/mol. The Hall–Kier alpha value is -0.0400. The van der Waals surface area contributed by atoms with Crippen molar-refractivity contribution in [2.24, 2.45) is 0 Å². The zero-order chi connectivity index (χ0) is 10.4. The van der Waals surface area contributed by atoms with Gasteiger partial charge in [0.1, 0.15) is 0 Å². The summed E-state index contributed by atoms with van der Waals surface area (Å²) < 4.78 is 0. The van der Waals surface area contributed by atoms with E-state index in [1.54, 1.807) is 0 Å². The summed E-state index contributed by atoms with van der Waals surface area (Å²) in [7, 11) is 0. The molecule has 12 heavy (non-hydrogen) atoms. The van der Waals surface area contributed by atoms with Gasteiger partial charge in [0, 0.05) is 6.04 Å². The molecule has 0 aliphatic carbocycles. The molecule has 0 heterocycles. The van der Waals surface area contributed by atoms with Gasteiger partial charge in [0.05, 0.1) is 0 Å². The van der Waals surface area contributed by atoms with Gasteiger partial charge in [-0.2, -0.15) is 0 Å². The van der Waals surface area contributed by atoms with Crippen molar-refractivity contribution in [3.63, 3.8) is 0 Å². The topological polar surface area (TPSA) is 12.0 Å². The average Bonchev–Trinajstić information content (AvgIpc) is 2.20. The highest BCUT2D eigenvalue weighted by atomic mass is 14.9. The fourth-order valence-corrected chi connectivity index (χ4v) is 0.866. The van der Waals surface area contributed by atoms with Crippen molar-refractivity contribution in [1.29, 1.82) is 0 Å². The van der Waals surface area contributed by atoms with Crippen LogP contribution in [0.1, 0.15) is 61.3 Å². The minimum Gasteiger partial charge on any atom is -0.314 e. The van der Waals surface area contributed by atoms with Gasteiger partial charge in [-0.3, -0.25) is 0 Å². The van der Waals surface area contributed by atoms with Crippen molar-refractivity contribution in [3.8, 4) is 0 Å². The monoisotopic (exact) mass is 175 g/mol. The van der Waals surface area contributed by atoms with Crippen molar-refractivity contribution in [3.05, 3.63) is 0 Å². The van der Waals surface area contributed by atoms with E-state index in [1.807, 2.05) is 27.7 Å².